The molecule has 7 heteroatoms. The second-order valence-electron chi connectivity index (χ2n) is 3.86. The average molecular weight is 270 g/mol. The van der Waals surface area contributed by atoms with Crippen LogP contribution in [0.5, 0.6) is 0 Å². The number of halogens is 3. The Bertz CT molecular complexity index is 605. The molecule has 0 amide bonds. The summed E-state index contributed by atoms with van der Waals surface area (Å²) in [6.45, 7) is -0.175. The molecule has 0 aliphatic rings. The highest BCUT2D eigenvalue weighted by molar-refractivity contribution is 5.85. The lowest BCUT2D eigenvalue weighted by atomic mass is 10.1. The monoisotopic (exact) mass is 270 g/mol. The second kappa shape index (κ2) is 4.75. The summed E-state index contributed by atoms with van der Waals surface area (Å²) in [6.07, 6.45) is -1.11. The van der Waals surface area contributed by atoms with E-state index >= 15 is 0 Å². The van der Waals surface area contributed by atoms with Crippen LogP contribution in [0, 0.1) is 0 Å². The molecule has 0 atom stereocenters. The Morgan fingerprint density at radius 2 is 2.11 bits per heavy atom. The molecular formula is C12H9F3N2O2. The predicted octanol–water partition coefficient (Wildman–Crippen LogP) is 2.65. The van der Waals surface area contributed by atoms with Crippen molar-refractivity contribution in [2.45, 2.75) is 12.7 Å². The normalized spacial score (nSPS) is 11.5. The summed E-state index contributed by atoms with van der Waals surface area (Å²) >= 11 is 0. The Hall–Kier alpha value is -2.31. The van der Waals surface area contributed by atoms with E-state index in [9.17, 15) is 18.0 Å². The van der Waals surface area contributed by atoms with E-state index in [2.05, 4.69) is 4.98 Å². The fraction of sp³-hybridized carbons (Fsp3) is 0.167. The maximum absolute atomic E-state index is 12.8. The molecule has 0 saturated heterocycles. The summed E-state index contributed by atoms with van der Waals surface area (Å²) in [5.41, 5.74) is -0.953. The molecule has 0 fully saturated rings. The van der Waals surface area contributed by atoms with Gasteiger partial charge in [0.2, 0.25) is 0 Å². The van der Waals surface area contributed by atoms with Crippen LogP contribution in [0.3, 0.4) is 0 Å². The minimum atomic E-state index is -4.51. The fourth-order valence-electron chi connectivity index (χ4n) is 1.75. The largest absolute Gasteiger partial charge is 0.477 e. The molecule has 1 N–H and O–H groups in total. The van der Waals surface area contributed by atoms with Crippen molar-refractivity contribution in [3.8, 4) is 0 Å². The zero-order chi connectivity index (χ0) is 14.0. The van der Waals surface area contributed by atoms with Gasteiger partial charge in [0.15, 0.2) is 0 Å². The van der Waals surface area contributed by atoms with Crippen molar-refractivity contribution < 1.29 is 23.1 Å². The van der Waals surface area contributed by atoms with Crippen molar-refractivity contribution in [2.75, 3.05) is 0 Å². The summed E-state index contributed by atoms with van der Waals surface area (Å²) in [7, 11) is 0. The zero-order valence-corrected chi connectivity index (χ0v) is 9.55. The van der Waals surface area contributed by atoms with Crippen LogP contribution in [0.2, 0.25) is 0 Å². The number of alkyl halides is 3. The highest BCUT2D eigenvalue weighted by Gasteiger charge is 2.33. The van der Waals surface area contributed by atoms with Gasteiger partial charge < -0.3 is 9.67 Å². The molecule has 100 valence electrons. The maximum Gasteiger partial charge on any atom is 0.418 e. The number of nitrogens with zero attached hydrogens (tertiary/aromatic N) is 2. The van der Waals surface area contributed by atoms with Crippen molar-refractivity contribution in [2.24, 2.45) is 0 Å². The van der Waals surface area contributed by atoms with Crippen LogP contribution in [-0.2, 0) is 12.7 Å². The molecule has 19 heavy (non-hydrogen) atoms. The zero-order valence-electron chi connectivity index (χ0n) is 9.55. The number of hydrogen-bond donors (Lipinski definition) is 1. The molecule has 2 rings (SSSR count). The second-order valence-corrected chi connectivity index (χ2v) is 3.86. The van der Waals surface area contributed by atoms with Crippen LogP contribution in [0.15, 0.2) is 36.8 Å². The Labute approximate surface area is 106 Å². The minimum Gasteiger partial charge on any atom is -0.477 e. The Balaban J connectivity index is 2.39. The molecule has 0 bridgehead atoms. The molecule has 0 aliphatic carbocycles. The van der Waals surface area contributed by atoms with Gasteiger partial charge in [0.1, 0.15) is 5.69 Å². The standard InChI is InChI=1S/C12H9F3N2O2/c13-12(14,15)9-6-16-4-3-8(9)7-17-5-1-2-10(17)11(18)19/h1-6H,7H2,(H,18,19). The number of hydrogen-bond acceptors (Lipinski definition) is 2. The molecule has 4 nitrogen and oxygen atoms in total. The van der Waals surface area contributed by atoms with Gasteiger partial charge in [0, 0.05) is 25.1 Å². The molecule has 0 spiro atoms. The summed E-state index contributed by atoms with van der Waals surface area (Å²) in [5.74, 6) is -1.19. The van der Waals surface area contributed by atoms with Crippen molar-refractivity contribution in [3.63, 3.8) is 0 Å². The molecule has 2 heterocycles. The lowest BCUT2D eigenvalue weighted by Crippen LogP contribution is -2.14. The first-order valence-electron chi connectivity index (χ1n) is 5.28. The minimum absolute atomic E-state index is 0.0267. The number of carboxylic acid groups (broad SMARTS) is 1. The first-order chi connectivity index (χ1) is 8.89. The number of carbonyl (C=O) groups is 1. The number of pyridine rings is 1. The van der Waals surface area contributed by atoms with Crippen LogP contribution in [-0.4, -0.2) is 20.6 Å². The summed E-state index contributed by atoms with van der Waals surface area (Å²) < 4.78 is 39.6. The van der Waals surface area contributed by atoms with Gasteiger partial charge >= 0.3 is 12.1 Å². The van der Waals surface area contributed by atoms with E-state index in [1.54, 1.807) is 0 Å². The molecule has 0 aliphatic heterocycles. The van der Waals surface area contributed by atoms with Crippen LogP contribution >= 0.6 is 0 Å². The molecule has 0 radical (unpaired) electrons. The Kier molecular flexibility index (Phi) is 3.28. The average Bonchev–Trinajstić information content (AvgIpc) is 2.76. The first-order valence-corrected chi connectivity index (χ1v) is 5.28. The molecular weight excluding hydrogens is 261 g/mol. The fourth-order valence-corrected chi connectivity index (χ4v) is 1.75. The van der Waals surface area contributed by atoms with Crippen molar-refractivity contribution in [1.29, 1.82) is 0 Å². The van der Waals surface area contributed by atoms with Crippen LogP contribution in [0.25, 0.3) is 0 Å². The lowest BCUT2D eigenvalue weighted by molar-refractivity contribution is -0.138. The third-order valence-electron chi connectivity index (χ3n) is 2.61. The lowest BCUT2D eigenvalue weighted by Gasteiger charge is -2.13. The van der Waals surface area contributed by atoms with Gasteiger partial charge in [0.25, 0.3) is 0 Å². The molecule has 0 aromatic carbocycles. The summed E-state index contributed by atoms with van der Waals surface area (Å²) in [5, 5.41) is 8.91. The molecule has 0 saturated carbocycles. The highest BCUT2D eigenvalue weighted by atomic mass is 19.4. The van der Waals surface area contributed by atoms with Crippen LogP contribution < -0.4 is 0 Å². The van der Waals surface area contributed by atoms with E-state index < -0.39 is 17.7 Å². The first kappa shape index (κ1) is 13.1. The summed E-state index contributed by atoms with van der Waals surface area (Å²) in [6, 6.07) is 4.03. The van der Waals surface area contributed by atoms with Gasteiger partial charge in [-0.2, -0.15) is 13.2 Å². The molecule has 2 aromatic rings. The number of aromatic carboxylic acids is 1. The van der Waals surface area contributed by atoms with E-state index in [-0.39, 0.29) is 17.8 Å². The van der Waals surface area contributed by atoms with Gasteiger partial charge in [-0.3, -0.25) is 4.98 Å². The topological polar surface area (TPSA) is 55.1 Å². The van der Waals surface area contributed by atoms with Crippen LogP contribution in [0.1, 0.15) is 21.6 Å². The van der Waals surface area contributed by atoms with E-state index in [0.717, 1.165) is 6.20 Å². The SMILES string of the molecule is O=C(O)c1cccn1Cc1ccncc1C(F)(F)F. The highest BCUT2D eigenvalue weighted by Crippen LogP contribution is 2.31. The van der Waals surface area contributed by atoms with Crippen LogP contribution in [0.4, 0.5) is 13.2 Å². The van der Waals surface area contributed by atoms with Crippen molar-refractivity contribution in [3.05, 3.63) is 53.6 Å². The third-order valence-corrected chi connectivity index (χ3v) is 2.61. The van der Waals surface area contributed by atoms with Gasteiger partial charge in [-0.1, -0.05) is 0 Å². The number of rotatable bonds is 3. The van der Waals surface area contributed by atoms with E-state index in [4.69, 9.17) is 5.11 Å². The van der Waals surface area contributed by atoms with Gasteiger partial charge in [0.05, 0.1) is 5.56 Å². The summed E-state index contributed by atoms with van der Waals surface area (Å²) in [4.78, 5) is 14.4. The quantitative estimate of drug-likeness (QED) is 0.932. The Morgan fingerprint density at radius 1 is 1.37 bits per heavy atom. The number of carboxylic acids is 1. The molecule has 2 aromatic heterocycles. The van der Waals surface area contributed by atoms with E-state index in [0.29, 0.717) is 0 Å². The number of aromatic nitrogens is 2. The third kappa shape index (κ3) is 2.75. The smallest absolute Gasteiger partial charge is 0.418 e. The van der Waals surface area contributed by atoms with E-state index in [1.165, 1.54) is 35.2 Å². The van der Waals surface area contributed by atoms with Crippen molar-refractivity contribution >= 4 is 5.97 Å². The van der Waals surface area contributed by atoms with E-state index in [1.807, 2.05) is 0 Å². The Morgan fingerprint density at radius 3 is 2.74 bits per heavy atom. The predicted molar refractivity (Wildman–Crippen MR) is 59.7 cm³/mol. The van der Waals surface area contributed by atoms with Gasteiger partial charge in [-0.25, -0.2) is 4.79 Å². The molecule has 0 unspecified atom stereocenters. The van der Waals surface area contributed by atoms with Gasteiger partial charge in [-0.05, 0) is 23.8 Å². The van der Waals surface area contributed by atoms with Gasteiger partial charge in [-0.15, -0.1) is 0 Å². The van der Waals surface area contributed by atoms with Crippen molar-refractivity contribution in [1.82, 2.24) is 9.55 Å². The maximum atomic E-state index is 12.8.